The van der Waals surface area contributed by atoms with Gasteiger partial charge in [0.15, 0.2) is 5.79 Å². The summed E-state index contributed by atoms with van der Waals surface area (Å²) >= 11 is 0. The number of rotatable bonds is 9. The second-order valence-electron chi connectivity index (χ2n) is 6.32. The summed E-state index contributed by atoms with van der Waals surface area (Å²) in [6, 6.07) is 0. The Morgan fingerprint density at radius 3 is 1.75 bits per heavy atom. The summed E-state index contributed by atoms with van der Waals surface area (Å²) in [5.74, 6) is -0.798. The maximum absolute atomic E-state index is 10.8. The van der Waals surface area contributed by atoms with Crippen LogP contribution in [0, 0.1) is 0 Å². The molecule has 2 aliphatic rings. The molecule has 0 unspecified atom stereocenters. The molecular formula is C18H28O6. The highest BCUT2D eigenvalue weighted by Gasteiger charge is 2.59. The molecular weight excluding hydrogens is 312 g/mol. The highest BCUT2D eigenvalue weighted by Crippen LogP contribution is 2.40. The summed E-state index contributed by atoms with van der Waals surface area (Å²) in [5.41, 5.74) is 0. The Morgan fingerprint density at radius 1 is 0.833 bits per heavy atom. The van der Waals surface area contributed by atoms with Crippen molar-refractivity contribution < 1.29 is 28.8 Å². The van der Waals surface area contributed by atoms with Gasteiger partial charge >= 0.3 is 0 Å². The van der Waals surface area contributed by atoms with E-state index < -0.39 is 42.4 Å². The summed E-state index contributed by atoms with van der Waals surface area (Å²) in [4.78, 5) is 0. The fourth-order valence-corrected chi connectivity index (χ4v) is 3.20. The highest BCUT2D eigenvalue weighted by atomic mass is 16.8. The topological polar surface area (TPSA) is 66.4 Å². The molecule has 6 heteroatoms. The van der Waals surface area contributed by atoms with Crippen LogP contribution in [-0.4, -0.2) is 67.3 Å². The molecule has 6 atom stereocenters. The van der Waals surface area contributed by atoms with Crippen LogP contribution in [0.1, 0.15) is 13.8 Å². The van der Waals surface area contributed by atoms with Crippen molar-refractivity contribution in [2.45, 2.75) is 56.3 Å². The molecule has 0 amide bonds. The van der Waals surface area contributed by atoms with Gasteiger partial charge in [0.2, 0.25) is 0 Å². The first-order valence-corrected chi connectivity index (χ1v) is 8.16. The Bertz CT molecular complexity index is 449. The first-order valence-electron chi connectivity index (χ1n) is 8.16. The molecule has 1 saturated heterocycles. The van der Waals surface area contributed by atoms with E-state index in [2.05, 4.69) is 19.7 Å². The number of fused-ring (bicyclic) bond motifs is 1. The van der Waals surface area contributed by atoms with Crippen molar-refractivity contribution in [3.8, 4) is 0 Å². The Balaban J connectivity index is 2.28. The highest BCUT2D eigenvalue weighted by molar-refractivity contribution is 5.06. The van der Waals surface area contributed by atoms with Gasteiger partial charge in [0, 0.05) is 0 Å². The number of hydrogen-bond acceptors (Lipinski definition) is 6. The van der Waals surface area contributed by atoms with E-state index in [1.165, 1.54) is 0 Å². The van der Waals surface area contributed by atoms with Crippen molar-refractivity contribution >= 4 is 0 Å². The van der Waals surface area contributed by atoms with Gasteiger partial charge in [-0.25, -0.2) is 0 Å². The average Bonchev–Trinajstić information content (AvgIpc) is 2.86. The minimum atomic E-state index is -0.932. The van der Waals surface area contributed by atoms with Gasteiger partial charge in [-0.1, -0.05) is 18.2 Å². The number of aliphatic hydroxyl groups is 1. The summed E-state index contributed by atoms with van der Waals surface area (Å²) in [5, 5.41) is 10.8. The lowest BCUT2D eigenvalue weighted by molar-refractivity contribution is -0.225. The maximum Gasteiger partial charge on any atom is 0.164 e. The van der Waals surface area contributed by atoms with E-state index in [0.29, 0.717) is 13.2 Å². The van der Waals surface area contributed by atoms with Gasteiger partial charge in [0.1, 0.15) is 36.6 Å². The molecule has 1 saturated carbocycles. The predicted molar refractivity (Wildman–Crippen MR) is 89.6 cm³/mol. The molecule has 1 heterocycles. The second kappa shape index (κ2) is 8.38. The van der Waals surface area contributed by atoms with Gasteiger partial charge in [-0.3, -0.25) is 0 Å². The molecule has 0 spiro atoms. The number of aliphatic hydroxyl groups excluding tert-OH is 1. The number of hydrogen-bond donors (Lipinski definition) is 1. The standard InChI is InChI=1S/C18H28O6/c1-6-9-20-13-12(19)14(21-10-7-2)16-17(15(13)22-11-8-3)24-18(4,5)23-16/h6-8,12-17,19H,1-3,9-11H2,4-5H3/t12-,13-,14+,15+,16+,17-/m0/s1. The Morgan fingerprint density at radius 2 is 1.25 bits per heavy atom. The fraction of sp³-hybridized carbons (Fsp3) is 0.667. The quantitative estimate of drug-likeness (QED) is 0.643. The first-order chi connectivity index (χ1) is 11.4. The van der Waals surface area contributed by atoms with Crippen LogP contribution >= 0.6 is 0 Å². The smallest absolute Gasteiger partial charge is 0.164 e. The van der Waals surface area contributed by atoms with Crippen LogP contribution in [0.15, 0.2) is 38.0 Å². The van der Waals surface area contributed by atoms with E-state index in [-0.39, 0.29) is 6.61 Å². The molecule has 0 bridgehead atoms. The van der Waals surface area contributed by atoms with Gasteiger partial charge in [-0.2, -0.15) is 0 Å². The average molecular weight is 340 g/mol. The van der Waals surface area contributed by atoms with Crippen molar-refractivity contribution in [3.63, 3.8) is 0 Å². The molecule has 0 aromatic carbocycles. The lowest BCUT2D eigenvalue weighted by atomic mass is 9.84. The van der Waals surface area contributed by atoms with Gasteiger partial charge in [0.25, 0.3) is 0 Å². The zero-order valence-electron chi connectivity index (χ0n) is 14.4. The molecule has 24 heavy (non-hydrogen) atoms. The normalized spacial score (nSPS) is 37.6. The van der Waals surface area contributed by atoms with Gasteiger partial charge in [0.05, 0.1) is 19.8 Å². The second-order valence-corrected chi connectivity index (χ2v) is 6.32. The SMILES string of the molecule is C=CCO[C@H]1[C@@H]2OC(C)(C)O[C@@H]2[C@H](OCC=C)[C@@H](O)[C@@H]1OCC=C. The fourth-order valence-electron chi connectivity index (χ4n) is 3.20. The third-order valence-electron chi connectivity index (χ3n) is 4.03. The van der Waals surface area contributed by atoms with Crippen LogP contribution in [0.2, 0.25) is 0 Å². The minimum absolute atomic E-state index is 0.283. The summed E-state index contributed by atoms with van der Waals surface area (Å²) < 4.78 is 29.4. The Kier molecular flexibility index (Phi) is 6.74. The van der Waals surface area contributed by atoms with E-state index in [1.807, 2.05) is 13.8 Å². The lowest BCUT2D eigenvalue weighted by Crippen LogP contribution is -2.64. The van der Waals surface area contributed by atoms with E-state index in [4.69, 9.17) is 23.7 Å². The molecule has 136 valence electrons. The van der Waals surface area contributed by atoms with Crippen molar-refractivity contribution in [2.75, 3.05) is 19.8 Å². The molecule has 1 aliphatic heterocycles. The third kappa shape index (κ3) is 4.14. The molecule has 1 aliphatic carbocycles. The molecule has 2 rings (SSSR count). The van der Waals surface area contributed by atoms with E-state index in [9.17, 15) is 5.11 Å². The van der Waals surface area contributed by atoms with Gasteiger partial charge < -0.3 is 28.8 Å². The summed E-state index contributed by atoms with van der Waals surface area (Å²) in [7, 11) is 0. The van der Waals surface area contributed by atoms with Crippen LogP contribution in [0.3, 0.4) is 0 Å². The van der Waals surface area contributed by atoms with Crippen LogP contribution in [0.5, 0.6) is 0 Å². The molecule has 2 fully saturated rings. The number of ether oxygens (including phenoxy) is 5. The first kappa shape index (κ1) is 19.3. The predicted octanol–water partition coefficient (Wildman–Crippen LogP) is 1.59. The molecule has 1 N–H and O–H groups in total. The van der Waals surface area contributed by atoms with Crippen LogP contribution in [0.25, 0.3) is 0 Å². The zero-order valence-corrected chi connectivity index (χ0v) is 14.4. The largest absolute Gasteiger partial charge is 0.387 e. The van der Waals surface area contributed by atoms with Crippen molar-refractivity contribution in [3.05, 3.63) is 38.0 Å². The van der Waals surface area contributed by atoms with E-state index in [0.717, 1.165) is 0 Å². The third-order valence-corrected chi connectivity index (χ3v) is 4.03. The Labute approximate surface area is 143 Å². The summed E-state index contributed by atoms with van der Waals surface area (Å²) in [6.07, 6.45) is 1.34. The lowest BCUT2D eigenvalue weighted by Gasteiger charge is -2.44. The van der Waals surface area contributed by atoms with Crippen LogP contribution in [0.4, 0.5) is 0 Å². The van der Waals surface area contributed by atoms with Crippen LogP contribution < -0.4 is 0 Å². The molecule has 0 aromatic heterocycles. The van der Waals surface area contributed by atoms with E-state index >= 15 is 0 Å². The van der Waals surface area contributed by atoms with E-state index in [1.54, 1.807) is 18.2 Å². The minimum Gasteiger partial charge on any atom is -0.387 e. The van der Waals surface area contributed by atoms with Crippen molar-refractivity contribution in [1.29, 1.82) is 0 Å². The maximum atomic E-state index is 10.8. The zero-order chi connectivity index (χ0) is 17.7. The summed E-state index contributed by atoms with van der Waals surface area (Å²) in [6.45, 7) is 15.5. The van der Waals surface area contributed by atoms with Gasteiger partial charge in [-0.05, 0) is 13.8 Å². The van der Waals surface area contributed by atoms with Crippen molar-refractivity contribution in [1.82, 2.24) is 0 Å². The molecule has 0 aromatic rings. The van der Waals surface area contributed by atoms with Crippen LogP contribution in [-0.2, 0) is 23.7 Å². The van der Waals surface area contributed by atoms with Crippen molar-refractivity contribution in [2.24, 2.45) is 0 Å². The monoisotopic (exact) mass is 340 g/mol. The molecule has 6 nitrogen and oxygen atoms in total. The van der Waals surface area contributed by atoms with Gasteiger partial charge in [-0.15, -0.1) is 19.7 Å². The molecule has 0 radical (unpaired) electrons. The Hall–Kier alpha value is -1.02.